The lowest BCUT2D eigenvalue weighted by Gasteiger charge is -2.15. The van der Waals surface area contributed by atoms with Crippen molar-refractivity contribution in [2.45, 2.75) is 39.3 Å². The Morgan fingerprint density at radius 3 is 2.50 bits per heavy atom. The summed E-state index contributed by atoms with van der Waals surface area (Å²) < 4.78 is 13.3. The summed E-state index contributed by atoms with van der Waals surface area (Å²) in [5, 5.41) is 0.875. The van der Waals surface area contributed by atoms with E-state index in [0.717, 1.165) is 41.5 Å². The van der Waals surface area contributed by atoms with Gasteiger partial charge in [-0.15, -0.1) is 0 Å². The minimum Gasteiger partial charge on any atom is -0.494 e. The van der Waals surface area contributed by atoms with Gasteiger partial charge in [0.2, 0.25) is 0 Å². The van der Waals surface area contributed by atoms with Crippen LogP contribution in [0.5, 0.6) is 5.75 Å². The number of nitrogen functional groups attached to an aromatic ring is 1. The van der Waals surface area contributed by atoms with E-state index in [1.165, 1.54) is 5.56 Å². The quantitative estimate of drug-likeness (QED) is 0.304. The highest BCUT2D eigenvalue weighted by Gasteiger charge is 2.16. The van der Waals surface area contributed by atoms with Crippen LogP contribution >= 0.6 is 0 Å². The van der Waals surface area contributed by atoms with E-state index in [2.05, 4.69) is 24.0 Å². The zero-order chi connectivity index (χ0) is 23.8. The number of nitrogens with zero attached hydrogens (tertiary/aromatic N) is 2. The van der Waals surface area contributed by atoms with Crippen molar-refractivity contribution in [3.8, 4) is 16.9 Å². The van der Waals surface area contributed by atoms with Gasteiger partial charge in [0.05, 0.1) is 19.8 Å². The van der Waals surface area contributed by atoms with Gasteiger partial charge >= 0.3 is 0 Å². The first-order chi connectivity index (χ1) is 16.7. The van der Waals surface area contributed by atoms with Crippen LogP contribution in [0, 0.1) is 0 Å². The number of rotatable bonds is 11. The molecular formula is C28H31N3O3. The zero-order valence-corrected chi connectivity index (χ0v) is 19.6. The van der Waals surface area contributed by atoms with Crippen molar-refractivity contribution in [2.24, 2.45) is 0 Å². The topological polar surface area (TPSA) is 79.4 Å². The molecule has 6 heteroatoms. The fourth-order valence-electron chi connectivity index (χ4n) is 3.97. The second kappa shape index (κ2) is 11.5. The molecule has 4 aromatic rings. The van der Waals surface area contributed by atoms with Crippen LogP contribution in [0.3, 0.4) is 0 Å². The number of fused-ring (bicyclic) bond motifs is 1. The number of unbranched alkanes of at least 4 members (excludes halogenated alkanes) is 1. The largest absolute Gasteiger partial charge is 0.494 e. The lowest BCUT2D eigenvalue weighted by molar-refractivity contribution is 0.107. The Kier molecular flexibility index (Phi) is 7.94. The second-order valence-electron chi connectivity index (χ2n) is 8.24. The third-order valence-electron chi connectivity index (χ3n) is 5.75. The molecule has 4 rings (SSSR count). The molecule has 2 aromatic carbocycles. The molecule has 2 N–H and O–H groups in total. The molecule has 0 fully saturated rings. The molecule has 6 nitrogen and oxygen atoms in total. The number of ether oxygens (including phenoxy) is 2. The van der Waals surface area contributed by atoms with E-state index >= 15 is 0 Å². The Labute approximate surface area is 200 Å². The minimum atomic E-state index is -0.189. The van der Waals surface area contributed by atoms with Gasteiger partial charge in [-0.1, -0.05) is 55.8 Å². The van der Waals surface area contributed by atoms with Gasteiger partial charge in [-0.3, -0.25) is 9.36 Å². The van der Waals surface area contributed by atoms with Crippen molar-refractivity contribution in [1.29, 1.82) is 0 Å². The molecule has 2 aromatic heterocycles. The summed E-state index contributed by atoms with van der Waals surface area (Å²) in [5.41, 5.74) is 9.84. The maximum absolute atomic E-state index is 13.0. The van der Waals surface area contributed by atoms with Gasteiger partial charge in [-0.2, -0.15) is 0 Å². The van der Waals surface area contributed by atoms with Crippen LogP contribution in [0.1, 0.15) is 31.7 Å². The highest BCUT2D eigenvalue weighted by molar-refractivity contribution is 5.98. The maximum Gasteiger partial charge on any atom is 0.275 e. The normalized spacial score (nSPS) is 11.1. The summed E-state index contributed by atoms with van der Waals surface area (Å²) in [6.07, 6.45) is 4.40. The second-order valence-corrected chi connectivity index (χ2v) is 8.24. The average molecular weight is 458 g/mol. The van der Waals surface area contributed by atoms with E-state index in [1.54, 1.807) is 10.8 Å². The molecule has 0 saturated carbocycles. The van der Waals surface area contributed by atoms with Crippen LogP contribution in [0.15, 0.2) is 77.7 Å². The Bertz CT molecular complexity index is 1270. The van der Waals surface area contributed by atoms with Crippen LogP contribution < -0.4 is 16.0 Å². The summed E-state index contributed by atoms with van der Waals surface area (Å²) in [7, 11) is 0. The summed E-state index contributed by atoms with van der Waals surface area (Å²) in [6.45, 7) is 4.51. The fourth-order valence-corrected chi connectivity index (χ4v) is 3.97. The lowest BCUT2D eigenvalue weighted by atomic mass is 10.0. The van der Waals surface area contributed by atoms with Crippen LogP contribution in [0.25, 0.3) is 22.2 Å². The molecule has 0 bridgehead atoms. The number of pyridine rings is 2. The summed E-state index contributed by atoms with van der Waals surface area (Å²) >= 11 is 0. The molecule has 0 saturated heterocycles. The number of aromatic nitrogens is 2. The van der Waals surface area contributed by atoms with E-state index in [4.69, 9.17) is 15.2 Å². The molecule has 0 spiro atoms. The van der Waals surface area contributed by atoms with Gasteiger partial charge in [0.25, 0.3) is 5.56 Å². The minimum absolute atomic E-state index is 0.189. The third kappa shape index (κ3) is 5.46. The van der Waals surface area contributed by atoms with E-state index in [9.17, 15) is 4.79 Å². The standard InChI is InChI=1S/C28H31N3O3/c1-2-3-17-31-27-24(11-7-16-30-27)25(26(29)28(31)32)22-12-14-23(15-13-22)34-19-8-18-33-20-21-9-5-4-6-10-21/h4-7,9-16H,2-3,8,17-20,29H2,1H3. The van der Waals surface area contributed by atoms with Crippen LogP contribution in [-0.4, -0.2) is 22.8 Å². The van der Waals surface area contributed by atoms with Crippen molar-refractivity contribution in [1.82, 2.24) is 9.55 Å². The average Bonchev–Trinajstić information content (AvgIpc) is 2.88. The molecule has 0 aliphatic heterocycles. The SMILES string of the molecule is CCCCn1c(=O)c(N)c(-c2ccc(OCCCOCc3ccccc3)cc2)c2cccnc21. The molecule has 34 heavy (non-hydrogen) atoms. The van der Waals surface area contributed by atoms with Gasteiger partial charge in [-0.05, 0) is 41.8 Å². The van der Waals surface area contributed by atoms with Crippen molar-refractivity contribution in [2.75, 3.05) is 18.9 Å². The zero-order valence-electron chi connectivity index (χ0n) is 19.6. The first-order valence-corrected chi connectivity index (χ1v) is 11.8. The third-order valence-corrected chi connectivity index (χ3v) is 5.75. The Hall–Kier alpha value is -3.64. The van der Waals surface area contributed by atoms with Crippen LogP contribution in [0.4, 0.5) is 5.69 Å². The molecule has 0 unspecified atom stereocenters. The Morgan fingerprint density at radius 1 is 0.941 bits per heavy atom. The lowest BCUT2D eigenvalue weighted by Crippen LogP contribution is -2.25. The smallest absolute Gasteiger partial charge is 0.275 e. The summed E-state index contributed by atoms with van der Waals surface area (Å²) in [6, 6.07) is 21.7. The highest BCUT2D eigenvalue weighted by Crippen LogP contribution is 2.32. The van der Waals surface area contributed by atoms with Crippen molar-refractivity contribution in [3.05, 3.63) is 88.8 Å². The molecule has 176 valence electrons. The monoisotopic (exact) mass is 457 g/mol. The number of hydrogen-bond acceptors (Lipinski definition) is 5. The predicted octanol–water partition coefficient (Wildman–Crippen LogP) is 5.43. The van der Waals surface area contributed by atoms with Gasteiger partial charge in [0, 0.05) is 30.1 Å². The molecular weight excluding hydrogens is 426 g/mol. The van der Waals surface area contributed by atoms with Crippen molar-refractivity contribution >= 4 is 16.7 Å². The van der Waals surface area contributed by atoms with Crippen LogP contribution in [0.2, 0.25) is 0 Å². The van der Waals surface area contributed by atoms with Gasteiger partial charge < -0.3 is 15.2 Å². The molecule has 0 aliphatic carbocycles. The molecule has 0 radical (unpaired) electrons. The molecule has 0 atom stereocenters. The van der Waals surface area contributed by atoms with Gasteiger partial charge in [-0.25, -0.2) is 4.98 Å². The molecule has 2 heterocycles. The summed E-state index contributed by atoms with van der Waals surface area (Å²) in [5.74, 6) is 0.768. The van der Waals surface area contributed by atoms with Crippen LogP contribution in [-0.2, 0) is 17.9 Å². The number of benzene rings is 2. The summed E-state index contributed by atoms with van der Waals surface area (Å²) in [4.78, 5) is 17.5. The number of aryl methyl sites for hydroxylation is 1. The van der Waals surface area contributed by atoms with Crippen molar-refractivity contribution < 1.29 is 9.47 Å². The Balaban J connectivity index is 1.42. The van der Waals surface area contributed by atoms with E-state index < -0.39 is 0 Å². The highest BCUT2D eigenvalue weighted by atomic mass is 16.5. The molecule has 0 amide bonds. The molecule has 0 aliphatic rings. The van der Waals surface area contributed by atoms with E-state index in [1.807, 2.05) is 54.6 Å². The van der Waals surface area contributed by atoms with Gasteiger partial charge in [0.1, 0.15) is 17.1 Å². The number of anilines is 1. The van der Waals surface area contributed by atoms with Gasteiger partial charge in [0.15, 0.2) is 0 Å². The van der Waals surface area contributed by atoms with E-state index in [-0.39, 0.29) is 11.2 Å². The number of nitrogens with two attached hydrogens (primary N) is 1. The first kappa shape index (κ1) is 23.5. The predicted molar refractivity (Wildman–Crippen MR) is 137 cm³/mol. The maximum atomic E-state index is 13.0. The fraction of sp³-hybridized carbons (Fsp3) is 0.286. The van der Waals surface area contributed by atoms with E-state index in [0.29, 0.717) is 32.0 Å². The Morgan fingerprint density at radius 2 is 1.74 bits per heavy atom. The number of hydrogen-bond donors (Lipinski definition) is 1. The first-order valence-electron chi connectivity index (χ1n) is 11.8. The van der Waals surface area contributed by atoms with Crippen molar-refractivity contribution in [3.63, 3.8) is 0 Å².